The highest BCUT2D eigenvalue weighted by molar-refractivity contribution is 7.99. The quantitative estimate of drug-likeness (QED) is 0.816. The molecule has 1 heterocycles. The second-order valence-electron chi connectivity index (χ2n) is 5.58. The van der Waals surface area contributed by atoms with E-state index in [9.17, 15) is 4.79 Å². The Hall–Kier alpha value is -2.02. The Morgan fingerprint density at radius 2 is 2.17 bits per heavy atom. The summed E-state index contributed by atoms with van der Waals surface area (Å²) in [4.78, 5) is 17.8. The van der Waals surface area contributed by atoms with Crippen molar-refractivity contribution in [2.45, 2.75) is 43.5 Å². The topological polar surface area (TPSA) is 80.0 Å². The third kappa shape index (κ3) is 3.34. The molecule has 23 heavy (non-hydrogen) atoms. The van der Waals surface area contributed by atoms with E-state index in [1.165, 1.54) is 0 Å². The Morgan fingerprint density at radius 3 is 2.78 bits per heavy atom. The third-order valence-electron chi connectivity index (χ3n) is 3.95. The lowest BCUT2D eigenvalue weighted by Gasteiger charge is -2.39. The maximum absolute atomic E-state index is 12.4. The zero-order valence-electron chi connectivity index (χ0n) is 13.3. The molecule has 6 nitrogen and oxygen atoms in total. The first kappa shape index (κ1) is 15.9. The fourth-order valence-electron chi connectivity index (χ4n) is 2.65. The first-order chi connectivity index (χ1) is 11.1. The number of aromatic nitrogens is 2. The minimum atomic E-state index is -0.505. The van der Waals surface area contributed by atoms with Crippen LogP contribution in [0.3, 0.4) is 0 Å². The number of carbonyl (C=O) groups excluding carboxylic acids is 1. The van der Waals surface area contributed by atoms with Gasteiger partial charge in [-0.05, 0) is 37.1 Å². The highest BCUT2D eigenvalue weighted by atomic mass is 32.2. The number of carbonyl (C=O) groups is 1. The lowest BCUT2D eigenvalue weighted by molar-refractivity contribution is 0.171. The second-order valence-corrected chi connectivity index (χ2v) is 6.89. The van der Waals surface area contributed by atoms with E-state index in [1.54, 1.807) is 18.7 Å². The summed E-state index contributed by atoms with van der Waals surface area (Å²) < 4.78 is 5.06. The number of thioether (sulfide) groups is 1. The monoisotopic (exact) mass is 332 g/mol. The molecular weight excluding hydrogens is 312 g/mol. The molecule has 3 rings (SSSR count). The number of para-hydroxylation sites is 1. The zero-order valence-corrected chi connectivity index (χ0v) is 14.1. The number of urea groups is 1. The molecular formula is C16H20N4O2S. The molecule has 0 unspecified atom stereocenters. The number of benzene rings is 1. The van der Waals surface area contributed by atoms with E-state index < -0.39 is 5.54 Å². The summed E-state index contributed by atoms with van der Waals surface area (Å²) in [7, 11) is 0. The summed E-state index contributed by atoms with van der Waals surface area (Å²) in [5.74, 6) is 2.03. The first-order valence-electron chi connectivity index (χ1n) is 7.75. The summed E-state index contributed by atoms with van der Waals surface area (Å²) >= 11 is 1.70. The maximum atomic E-state index is 12.4. The van der Waals surface area contributed by atoms with Gasteiger partial charge in [0.15, 0.2) is 5.82 Å². The first-order valence-corrected chi connectivity index (χ1v) is 8.73. The minimum absolute atomic E-state index is 0.240. The molecule has 1 aliphatic rings. The average molecular weight is 332 g/mol. The van der Waals surface area contributed by atoms with E-state index >= 15 is 0 Å². The number of hydrogen-bond acceptors (Lipinski definition) is 5. The molecule has 0 spiro atoms. The molecule has 0 aliphatic heterocycles. The number of nitrogens with zero attached hydrogens (tertiary/aromatic N) is 2. The Kier molecular flexibility index (Phi) is 4.56. The smallest absolute Gasteiger partial charge is 0.320 e. The fraction of sp³-hybridized carbons (Fsp3) is 0.438. The van der Waals surface area contributed by atoms with E-state index in [4.69, 9.17) is 4.52 Å². The van der Waals surface area contributed by atoms with Crippen LogP contribution in [0.15, 0.2) is 33.7 Å². The van der Waals surface area contributed by atoms with Gasteiger partial charge in [-0.2, -0.15) is 4.98 Å². The molecule has 0 radical (unpaired) electrons. The van der Waals surface area contributed by atoms with E-state index in [2.05, 4.69) is 27.7 Å². The summed E-state index contributed by atoms with van der Waals surface area (Å²) in [5.41, 5.74) is 0.310. The van der Waals surface area contributed by atoms with Crippen LogP contribution >= 0.6 is 11.8 Å². The van der Waals surface area contributed by atoms with Crippen LogP contribution in [0.5, 0.6) is 0 Å². The number of rotatable bonds is 5. The van der Waals surface area contributed by atoms with Crippen LogP contribution in [0.25, 0.3) is 0 Å². The van der Waals surface area contributed by atoms with Crippen molar-refractivity contribution >= 4 is 23.5 Å². The van der Waals surface area contributed by atoms with Gasteiger partial charge in [0.1, 0.15) is 5.54 Å². The summed E-state index contributed by atoms with van der Waals surface area (Å²) in [6.45, 7) is 3.84. The highest BCUT2D eigenvalue weighted by Crippen LogP contribution is 2.40. The largest absolute Gasteiger partial charge is 0.340 e. The van der Waals surface area contributed by atoms with Gasteiger partial charge in [0.05, 0.1) is 5.69 Å². The van der Waals surface area contributed by atoms with Crippen molar-refractivity contribution < 1.29 is 9.32 Å². The normalized spacial score (nSPS) is 15.7. The summed E-state index contributed by atoms with van der Waals surface area (Å²) in [6, 6.07) is 7.55. The van der Waals surface area contributed by atoms with Gasteiger partial charge in [-0.3, -0.25) is 0 Å². The molecule has 0 atom stereocenters. The fourth-order valence-corrected chi connectivity index (χ4v) is 3.41. The Labute approximate surface area is 139 Å². The van der Waals surface area contributed by atoms with E-state index in [0.29, 0.717) is 11.7 Å². The van der Waals surface area contributed by atoms with Crippen molar-refractivity contribution in [3.8, 4) is 0 Å². The van der Waals surface area contributed by atoms with Crippen LogP contribution in [-0.2, 0) is 5.54 Å². The van der Waals surface area contributed by atoms with Crippen LogP contribution in [0.1, 0.15) is 37.9 Å². The number of hydrogen-bond donors (Lipinski definition) is 2. The number of amides is 2. The predicted molar refractivity (Wildman–Crippen MR) is 89.6 cm³/mol. The molecule has 2 amide bonds. The van der Waals surface area contributed by atoms with Gasteiger partial charge in [0.2, 0.25) is 5.89 Å². The molecule has 1 fully saturated rings. The third-order valence-corrected chi connectivity index (χ3v) is 4.91. The van der Waals surface area contributed by atoms with Gasteiger partial charge in [0, 0.05) is 11.8 Å². The molecule has 2 N–H and O–H groups in total. The van der Waals surface area contributed by atoms with Gasteiger partial charge < -0.3 is 15.2 Å². The Balaban J connectivity index is 1.72. The SMILES string of the molecule is CCSc1ccccc1NC(=O)NC1(c2noc(C)n2)CCC1. The van der Waals surface area contributed by atoms with Crippen LogP contribution in [0, 0.1) is 6.92 Å². The van der Waals surface area contributed by atoms with E-state index in [-0.39, 0.29) is 6.03 Å². The molecule has 7 heteroatoms. The zero-order chi connectivity index (χ0) is 16.3. The van der Waals surface area contributed by atoms with E-state index in [1.807, 2.05) is 24.3 Å². The van der Waals surface area contributed by atoms with Crippen molar-refractivity contribution in [3.05, 3.63) is 36.0 Å². The Morgan fingerprint density at radius 1 is 1.39 bits per heavy atom. The van der Waals surface area contributed by atoms with Crippen LogP contribution in [-0.4, -0.2) is 21.9 Å². The molecule has 2 aromatic rings. The lowest BCUT2D eigenvalue weighted by atomic mass is 9.76. The predicted octanol–water partition coefficient (Wildman–Crippen LogP) is 3.69. The second kappa shape index (κ2) is 6.62. The molecule has 1 aliphatic carbocycles. The number of nitrogens with one attached hydrogen (secondary N) is 2. The van der Waals surface area contributed by atoms with Crippen LogP contribution < -0.4 is 10.6 Å². The number of aryl methyl sites for hydroxylation is 1. The van der Waals surface area contributed by atoms with Gasteiger partial charge in [-0.25, -0.2) is 4.79 Å². The molecule has 0 saturated heterocycles. The lowest BCUT2D eigenvalue weighted by Crippen LogP contribution is -2.52. The minimum Gasteiger partial charge on any atom is -0.340 e. The van der Waals surface area contributed by atoms with Crippen LogP contribution in [0.2, 0.25) is 0 Å². The molecule has 1 aromatic carbocycles. The van der Waals surface area contributed by atoms with Crippen molar-refractivity contribution in [2.24, 2.45) is 0 Å². The Bertz CT molecular complexity index is 697. The van der Waals surface area contributed by atoms with Crippen molar-refractivity contribution in [1.82, 2.24) is 15.5 Å². The van der Waals surface area contributed by atoms with Crippen molar-refractivity contribution in [2.75, 3.05) is 11.1 Å². The molecule has 1 aromatic heterocycles. The van der Waals surface area contributed by atoms with Gasteiger partial charge >= 0.3 is 6.03 Å². The average Bonchev–Trinajstić information content (AvgIpc) is 2.92. The maximum Gasteiger partial charge on any atom is 0.320 e. The van der Waals surface area contributed by atoms with Crippen molar-refractivity contribution in [3.63, 3.8) is 0 Å². The molecule has 0 bridgehead atoms. The van der Waals surface area contributed by atoms with Gasteiger partial charge in [-0.15, -0.1) is 11.8 Å². The summed E-state index contributed by atoms with van der Waals surface area (Å²) in [6.07, 6.45) is 2.69. The molecule has 122 valence electrons. The van der Waals surface area contributed by atoms with Crippen LogP contribution in [0.4, 0.5) is 10.5 Å². The van der Waals surface area contributed by atoms with Gasteiger partial charge in [-0.1, -0.05) is 24.2 Å². The highest BCUT2D eigenvalue weighted by Gasteiger charge is 2.44. The number of anilines is 1. The van der Waals surface area contributed by atoms with E-state index in [0.717, 1.165) is 35.6 Å². The summed E-state index contributed by atoms with van der Waals surface area (Å²) in [5, 5.41) is 9.96. The van der Waals surface area contributed by atoms with Crippen molar-refractivity contribution in [1.29, 1.82) is 0 Å². The van der Waals surface area contributed by atoms with Gasteiger partial charge in [0.25, 0.3) is 0 Å². The molecule has 1 saturated carbocycles. The standard InChI is InChI=1S/C16H20N4O2S/c1-3-23-13-8-5-4-7-12(13)18-15(21)19-16(9-6-10-16)14-17-11(2)22-20-14/h4-5,7-8H,3,6,9-10H2,1-2H3,(H2,18,19,21).